The third-order valence-electron chi connectivity index (χ3n) is 5.27. The predicted octanol–water partition coefficient (Wildman–Crippen LogP) is 3.05. The number of hydrogen-bond acceptors (Lipinski definition) is 5. The Balaban J connectivity index is 1.90. The number of nitrogens with one attached hydrogen (secondary N) is 1. The van der Waals surface area contributed by atoms with Crippen LogP contribution in [0.3, 0.4) is 0 Å². The maximum Gasteiger partial charge on any atom is 0.410 e. The van der Waals surface area contributed by atoms with Gasteiger partial charge in [-0.25, -0.2) is 4.79 Å². The molecule has 2 heterocycles. The van der Waals surface area contributed by atoms with Crippen LogP contribution in [0.15, 0.2) is 29.5 Å². The van der Waals surface area contributed by atoms with E-state index in [-0.39, 0.29) is 6.09 Å². The maximum atomic E-state index is 12.4. The Hall–Kier alpha value is -2.35. The van der Waals surface area contributed by atoms with Gasteiger partial charge in [-0.1, -0.05) is 0 Å². The van der Waals surface area contributed by atoms with Gasteiger partial charge in [-0.15, -0.1) is 0 Å². The van der Waals surface area contributed by atoms with Crippen LogP contribution in [0.2, 0.25) is 0 Å². The van der Waals surface area contributed by atoms with Crippen LogP contribution in [0.4, 0.5) is 4.79 Å². The summed E-state index contributed by atoms with van der Waals surface area (Å²) in [6.45, 7) is 13.9. The van der Waals surface area contributed by atoms with E-state index in [1.54, 1.807) is 17.3 Å². The number of aliphatic hydroxyl groups excluding tert-OH is 1. The Bertz CT molecular complexity index is 697. The first-order valence-corrected chi connectivity index (χ1v) is 11.3. The van der Waals surface area contributed by atoms with Crippen molar-refractivity contribution in [3.8, 4) is 0 Å². The SMILES string of the molecule is CCNC(=NCC(O)c1ccncc1)N1CCC(CN(CC)C(=O)OC(C)(C)C)CC1. The van der Waals surface area contributed by atoms with Crippen LogP contribution in [-0.4, -0.2) is 76.8 Å². The topological polar surface area (TPSA) is 90.3 Å². The molecule has 1 aromatic heterocycles. The van der Waals surface area contributed by atoms with Gasteiger partial charge in [-0.05, 0) is 71.1 Å². The molecule has 1 aliphatic rings. The number of aliphatic imine (C=N–C) groups is 1. The smallest absolute Gasteiger partial charge is 0.410 e. The zero-order valence-corrected chi connectivity index (χ0v) is 19.7. The van der Waals surface area contributed by atoms with Gasteiger partial charge in [0.25, 0.3) is 0 Å². The number of aromatic nitrogens is 1. The molecule has 1 atom stereocenters. The molecule has 8 nitrogen and oxygen atoms in total. The number of rotatable bonds is 7. The van der Waals surface area contributed by atoms with Crippen LogP contribution in [0.5, 0.6) is 0 Å². The van der Waals surface area contributed by atoms with Gasteiger partial charge in [0.1, 0.15) is 5.60 Å². The van der Waals surface area contributed by atoms with Crippen molar-refractivity contribution in [1.82, 2.24) is 20.1 Å². The summed E-state index contributed by atoms with van der Waals surface area (Å²) in [6, 6.07) is 3.62. The van der Waals surface area contributed by atoms with Crippen molar-refractivity contribution in [2.75, 3.05) is 39.3 Å². The van der Waals surface area contributed by atoms with Crippen molar-refractivity contribution < 1.29 is 14.6 Å². The van der Waals surface area contributed by atoms with E-state index in [0.29, 0.717) is 25.6 Å². The first-order valence-electron chi connectivity index (χ1n) is 11.3. The molecule has 2 N–H and O–H groups in total. The first-order chi connectivity index (χ1) is 14.7. The zero-order valence-electron chi connectivity index (χ0n) is 19.7. The monoisotopic (exact) mass is 433 g/mol. The van der Waals surface area contributed by atoms with Crippen LogP contribution in [0, 0.1) is 5.92 Å². The van der Waals surface area contributed by atoms with Gasteiger partial charge in [-0.3, -0.25) is 9.98 Å². The minimum absolute atomic E-state index is 0.238. The summed E-state index contributed by atoms with van der Waals surface area (Å²) in [6.07, 6.45) is 4.43. The summed E-state index contributed by atoms with van der Waals surface area (Å²) in [5.41, 5.74) is 0.335. The predicted molar refractivity (Wildman–Crippen MR) is 123 cm³/mol. The van der Waals surface area contributed by atoms with E-state index in [9.17, 15) is 9.90 Å². The largest absolute Gasteiger partial charge is 0.444 e. The molecule has 2 rings (SSSR count). The van der Waals surface area contributed by atoms with Crippen LogP contribution in [-0.2, 0) is 4.74 Å². The standard InChI is InChI=1S/C23H39N5O3/c1-6-25-21(26-16-20(29)19-8-12-24-13-9-19)28-14-10-18(11-15-28)17-27(7-2)22(30)31-23(3,4)5/h8-9,12-13,18,20,29H,6-7,10-11,14-17H2,1-5H3,(H,25,26). The maximum absolute atomic E-state index is 12.4. The average Bonchev–Trinajstić information content (AvgIpc) is 2.74. The van der Waals surface area contributed by atoms with E-state index < -0.39 is 11.7 Å². The molecule has 8 heteroatoms. The lowest BCUT2D eigenvalue weighted by Crippen LogP contribution is -2.48. The Morgan fingerprint density at radius 3 is 2.52 bits per heavy atom. The minimum Gasteiger partial charge on any atom is -0.444 e. The summed E-state index contributed by atoms with van der Waals surface area (Å²) in [4.78, 5) is 25.1. The number of carbonyl (C=O) groups excluding carboxylic acids is 1. The second kappa shape index (κ2) is 11.9. The molecule has 0 bridgehead atoms. The van der Waals surface area contributed by atoms with E-state index in [2.05, 4.69) is 20.2 Å². The van der Waals surface area contributed by atoms with Gasteiger partial charge in [0.15, 0.2) is 5.96 Å². The lowest BCUT2D eigenvalue weighted by molar-refractivity contribution is 0.0214. The van der Waals surface area contributed by atoms with E-state index in [0.717, 1.165) is 44.0 Å². The van der Waals surface area contributed by atoms with Crippen molar-refractivity contribution in [3.05, 3.63) is 30.1 Å². The number of amides is 1. The van der Waals surface area contributed by atoms with Gasteiger partial charge in [-0.2, -0.15) is 0 Å². The third kappa shape index (κ3) is 8.36. The molecule has 0 saturated carbocycles. The lowest BCUT2D eigenvalue weighted by Gasteiger charge is -2.36. The van der Waals surface area contributed by atoms with Crippen LogP contribution >= 0.6 is 0 Å². The molecule has 1 amide bonds. The fraction of sp³-hybridized carbons (Fsp3) is 0.696. The van der Waals surface area contributed by atoms with Crippen molar-refractivity contribution in [3.63, 3.8) is 0 Å². The average molecular weight is 434 g/mol. The van der Waals surface area contributed by atoms with Gasteiger partial charge in [0, 0.05) is 45.1 Å². The van der Waals surface area contributed by atoms with Crippen LogP contribution in [0.25, 0.3) is 0 Å². The number of hydrogen-bond donors (Lipinski definition) is 2. The quantitative estimate of drug-likeness (QED) is 0.507. The van der Waals surface area contributed by atoms with E-state index >= 15 is 0 Å². The van der Waals surface area contributed by atoms with Crippen molar-refractivity contribution in [1.29, 1.82) is 0 Å². The minimum atomic E-state index is -0.652. The number of pyridine rings is 1. The molecule has 1 unspecified atom stereocenters. The van der Waals surface area contributed by atoms with E-state index in [1.807, 2.05) is 46.8 Å². The molecule has 1 fully saturated rings. The molecule has 0 spiro atoms. The Labute approximate surface area is 186 Å². The number of aliphatic hydroxyl groups is 1. The first kappa shape index (κ1) is 24.9. The second-order valence-corrected chi connectivity index (χ2v) is 8.94. The summed E-state index contributed by atoms with van der Waals surface area (Å²) < 4.78 is 5.53. The number of likely N-dealkylation sites (tertiary alicyclic amines) is 1. The third-order valence-corrected chi connectivity index (χ3v) is 5.27. The van der Waals surface area contributed by atoms with Crippen LogP contribution in [0.1, 0.15) is 59.1 Å². The fourth-order valence-corrected chi connectivity index (χ4v) is 3.59. The normalized spacial score (nSPS) is 16.7. The van der Waals surface area contributed by atoms with Gasteiger partial charge >= 0.3 is 6.09 Å². The van der Waals surface area contributed by atoms with Crippen molar-refractivity contribution in [2.24, 2.45) is 10.9 Å². The molecule has 0 radical (unpaired) electrons. The number of ether oxygens (including phenoxy) is 1. The lowest BCUT2D eigenvalue weighted by atomic mass is 9.96. The molecule has 0 aromatic carbocycles. The highest BCUT2D eigenvalue weighted by molar-refractivity contribution is 5.80. The summed E-state index contributed by atoms with van der Waals surface area (Å²) in [5, 5.41) is 13.7. The molecular formula is C23H39N5O3. The Morgan fingerprint density at radius 1 is 1.32 bits per heavy atom. The Morgan fingerprint density at radius 2 is 1.97 bits per heavy atom. The number of carbonyl (C=O) groups is 1. The summed E-state index contributed by atoms with van der Waals surface area (Å²) in [7, 11) is 0. The molecule has 1 saturated heterocycles. The summed E-state index contributed by atoms with van der Waals surface area (Å²) in [5.74, 6) is 1.27. The highest BCUT2D eigenvalue weighted by Crippen LogP contribution is 2.20. The van der Waals surface area contributed by atoms with Crippen LogP contribution < -0.4 is 5.32 Å². The fourth-order valence-electron chi connectivity index (χ4n) is 3.59. The second-order valence-electron chi connectivity index (χ2n) is 8.94. The highest BCUT2D eigenvalue weighted by atomic mass is 16.6. The van der Waals surface area contributed by atoms with Gasteiger partial charge < -0.3 is 25.0 Å². The number of nitrogens with zero attached hydrogens (tertiary/aromatic N) is 4. The zero-order chi connectivity index (χ0) is 22.9. The molecular weight excluding hydrogens is 394 g/mol. The highest BCUT2D eigenvalue weighted by Gasteiger charge is 2.27. The molecule has 0 aliphatic carbocycles. The molecule has 174 valence electrons. The van der Waals surface area contributed by atoms with Gasteiger partial charge in [0.05, 0.1) is 12.6 Å². The molecule has 1 aliphatic heterocycles. The van der Waals surface area contributed by atoms with Gasteiger partial charge in [0.2, 0.25) is 0 Å². The van der Waals surface area contributed by atoms with Crippen molar-refractivity contribution in [2.45, 2.75) is 59.2 Å². The molecule has 1 aromatic rings. The Kier molecular flexibility index (Phi) is 9.55. The summed E-state index contributed by atoms with van der Waals surface area (Å²) >= 11 is 0. The number of guanidine groups is 1. The van der Waals surface area contributed by atoms with E-state index in [4.69, 9.17) is 4.74 Å². The van der Waals surface area contributed by atoms with Crippen molar-refractivity contribution >= 4 is 12.1 Å². The molecule has 31 heavy (non-hydrogen) atoms. The van der Waals surface area contributed by atoms with E-state index in [1.165, 1.54) is 0 Å². The number of piperidine rings is 1.